The lowest BCUT2D eigenvalue weighted by Crippen LogP contribution is -2.41. The van der Waals surface area contributed by atoms with Crippen LogP contribution in [0.25, 0.3) is 0 Å². The molecule has 13 heavy (non-hydrogen) atoms. The highest BCUT2D eigenvalue weighted by molar-refractivity contribution is 6.02. The van der Waals surface area contributed by atoms with Gasteiger partial charge in [-0.2, -0.15) is 5.26 Å². The molecule has 4 heteroatoms. The van der Waals surface area contributed by atoms with Gasteiger partial charge in [0.15, 0.2) is 0 Å². The molecule has 0 bridgehead atoms. The van der Waals surface area contributed by atoms with E-state index in [9.17, 15) is 9.59 Å². The Morgan fingerprint density at radius 2 is 1.77 bits per heavy atom. The van der Waals surface area contributed by atoms with Gasteiger partial charge >= 0.3 is 0 Å². The molecular formula is C9H12N2O2. The van der Waals surface area contributed by atoms with E-state index in [2.05, 4.69) is 0 Å². The van der Waals surface area contributed by atoms with Gasteiger partial charge in [-0.25, -0.2) is 0 Å². The topological polar surface area (TPSA) is 61.2 Å². The van der Waals surface area contributed by atoms with Crippen LogP contribution in [0.1, 0.15) is 26.7 Å². The quantitative estimate of drug-likeness (QED) is 0.587. The maximum Gasteiger partial charge on any atom is 0.230 e. The monoisotopic (exact) mass is 180 g/mol. The highest BCUT2D eigenvalue weighted by Gasteiger charge is 2.36. The maximum absolute atomic E-state index is 11.2. The zero-order valence-corrected chi connectivity index (χ0v) is 7.78. The van der Waals surface area contributed by atoms with Gasteiger partial charge < -0.3 is 0 Å². The van der Waals surface area contributed by atoms with Gasteiger partial charge in [0.1, 0.15) is 6.04 Å². The molecule has 0 saturated carbocycles. The molecule has 0 spiro atoms. The van der Waals surface area contributed by atoms with Crippen molar-refractivity contribution in [3.05, 3.63) is 0 Å². The second kappa shape index (κ2) is 3.56. The normalized spacial score (nSPS) is 19.4. The second-order valence-electron chi connectivity index (χ2n) is 3.48. The molecule has 1 aliphatic heterocycles. The lowest BCUT2D eigenvalue weighted by Gasteiger charge is -2.22. The fourth-order valence-corrected chi connectivity index (χ4v) is 1.41. The third kappa shape index (κ3) is 1.69. The summed E-state index contributed by atoms with van der Waals surface area (Å²) >= 11 is 0. The molecule has 2 amide bonds. The number of nitriles is 1. The molecule has 1 aliphatic rings. The van der Waals surface area contributed by atoms with Crippen LogP contribution in [0.15, 0.2) is 0 Å². The lowest BCUT2D eigenvalue weighted by atomic mass is 10.0. The Morgan fingerprint density at radius 3 is 2.08 bits per heavy atom. The van der Waals surface area contributed by atoms with Crippen LogP contribution in [0.4, 0.5) is 0 Å². The van der Waals surface area contributed by atoms with E-state index in [0.717, 1.165) is 4.90 Å². The molecule has 0 aromatic rings. The van der Waals surface area contributed by atoms with Crippen molar-refractivity contribution in [2.45, 2.75) is 32.7 Å². The van der Waals surface area contributed by atoms with E-state index in [1.54, 1.807) is 0 Å². The van der Waals surface area contributed by atoms with Crippen LogP contribution < -0.4 is 0 Å². The van der Waals surface area contributed by atoms with Crippen LogP contribution in [0.3, 0.4) is 0 Å². The van der Waals surface area contributed by atoms with Gasteiger partial charge in [0.05, 0.1) is 6.07 Å². The Kier molecular flexibility index (Phi) is 2.66. The standard InChI is InChI=1S/C9H12N2O2/c1-6(2)7(5-10)11-8(12)3-4-9(11)13/h6-7H,3-4H2,1-2H3. The fourth-order valence-electron chi connectivity index (χ4n) is 1.41. The van der Waals surface area contributed by atoms with Gasteiger partial charge in [-0.1, -0.05) is 13.8 Å². The molecular weight excluding hydrogens is 168 g/mol. The summed E-state index contributed by atoms with van der Waals surface area (Å²) < 4.78 is 0. The average Bonchev–Trinajstić information content (AvgIpc) is 2.36. The van der Waals surface area contributed by atoms with E-state index in [1.165, 1.54) is 0 Å². The first kappa shape index (κ1) is 9.72. The third-order valence-electron chi connectivity index (χ3n) is 2.13. The average molecular weight is 180 g/mol. The lowest BCUT2D eigenvalue weighted by molar-refractivity contribution is -0.140. The van der Waals surface area contributed by atoms with Crippen molar-refractivity contribution in [3.63, 3.8) is 0 Å². The molecule has 0 radical (unpaired) electrons. The molecule has 1 atom stereocenters. The number of amides is 2. The van der Waals surface area contributed by atoms with Gasteiger partial charge in [0, 0.05) is 12.8 Å². The van der Waals surface area contributed by atoms with Crippen LogP contribution in [0.2, 0.25) is 0 Å². The summed E-state index contributed by atoms with van der Waals surface area (Å²) in [5.74, 6) is -0.438. The van der Waals surface area contributed by atoms with E-state index in [0.29, 0.717) is 0 Å². The molecule has 1 heterocycles. The zero-order valence-electron chi connectivity index (χ0n) is 7.78. The van der Waals surface area contributed by atoms with Crippen molar-refractivity contribution in [2.75, 3.05) is 0 Å². The number of carbonyl (C=O) groups excluding carboxylic acids is 2. The molecule has 1 rings (SSSR count). The minimum Gasteiger partial charge on any atom is -0.274 e. The summed E-state index contributed by atoms with van der Waals surface area (Å²) in [5.41, 5.74) is 0. The Hall–Kier alpha value is -1.37. The van der Waals surface area contributed by atoms with E-state index >= 15 is 0 Å². The van der Waals surface area contributed by atoms with Gasteiger partial charge in [0.25, 0.3) is 0 Å². The molecule has 0 aliphatic carbocycles. The summed E-state index contributed by atoms with van der Waals surface area (Å²) in [7, 11) is 0. The number of nitrogens with zero attached hydrogens (tertiary/aromatic N) is 2. The zero-order chi connectivity index (χ0) is 10.0. The highest BCUT2D eigenvalue weighted by atomic mass is 16.2. The van der Waals surface area contributed by atoms with E-state index in [-0.39, 0.29) is 30.6 Å². The highest BCUT2D eigenvalue weighted by Crippen LogP contribution is 2.19. The minimum absolute atomic E-state index is 0.00370. The number of hydrogen-bond acceptors (Lipinski definition) is 3. The Labute approximate surface area is 77.1 Å². The molecule has 1 saturated heterocycles. The van der Waals surface area contributed by atoms with E-state index in [1.807, 2.05) is 19.9 Å². The molecule has 1 fully saturated rings. The van der Waals surface area contributed by atoms with Gasteiger partial charge in [0.2, 0.25) is 11.8 Å². The number of hydrogen-bond donors (Lipinski definition) is 0. The van der Waals surface area contributed by atoms with E-state index < -0.39 is 6.04 Å². The van der Waals surface area contributed by atoms with E-state index in [4.69, 9.17) is 5.26 Å². The number of rotatable bonds is 2. The largest absolute Gasteiger partial charge is 0.274 e. The van der Waals surface area contributed by atoms with Crippen molar-refractivity contribution >= 4 is 11.8 Å². The van der Waals surface area contributed by atoms with Crippen molar-refractivity contribution in [1.29, 1.82) is 5.26 Å². The maximum atomic E-state index is 11.2. The van der Waals surface area contributed by atoms with Crippen molar-refractivity contribution in [1.82, 2.24) is 4.90 Å². The Morgan fingerprint density at radius 1 is 1.31 bits per heavy atom. The molecule has 0 aromatic carbocycles. The first-order valence-corrected chi connectivity index (χ1v) is 4.32. The van der Waals surface area contributed by atoms with Crippen molar-refractivity contribution in [2.24, 2.45) is 5.92 Å². The Balaban J connectivity index is 2.85. The molecule has 0 aromatic heterocycles. The molecule has 1 unspecified atom stereocenters. The fraction of sp³-hybridized carbons (Fsp3) is 0.667. The summed E-state index contributed by atoms with van der Waals surface area (Å²) in [5, 5.41) is 8.80. The smallest absolute Gasteiger partial charge is 0.230 e. The third-order valence-corrected chi connectivity index (χ3v) is 2.13. The molecule has 70 valence electrons. The summed E-state index contributed by atoms with van der Waals surface area (Å²) in [6.45, 7) is 3.65. The van der Waals surface area contributed by atoms with Gasteiger partial charge in [-0.15, -0.1) is 0 Å². The van der Waals surface area contributed by atoms with Crippen molar-refractivity contribution < 1.29 is 9.59 Å². The predicted molar refractivity (Wildman–Crippen MR) is 45.3 cm³/mol. The van der Waals surface area contributed by atoms with Crippen LogP contribution >= 0.6 is 0 Å². The summed E-state index contributed by atoms with van der Waals surface area (Å²) in [6.07, 6.45) is 0.507. The predicted octanol–water partition coefficient (Wildman–Crippen LogP) is 0.684. The Bertz CT molecular complexity index is 262. The first-order valence-electron chi connectivity index (χ1n) is 4.32. The van der Waals surface area contributed by atoms with Gasteiger partial charge in [-0.05, 0) is 5.92 Å². The molecule has 0 N–H and O–H groups in total. The summed E-state index contributed by atoms with van der Waals surface area (Å²) in [4.78, 5) is 23.6. The minimum atomic E-state index is -0.595. The van der Waals surface area contributed by atoms with Crippen LogP contribution in [-0.4, -0.2) is 22.8 Å². The van der Waals surface area contributed by atoms with Crippen LogP contribution in [0, 0.1) is 17.2 Å². The number of likely N-dealkylation sites (tertiary alicyclic amines) is 1. The van der Waals surface area contributed by atoms with Gasteiger partial charge in [-0.3, -0.25) is 14.5 Å². The first-order chi connectivity index (χ1) is 6.07. The molecule has 4 nitrogen and oxygen atoms in total. The number of imide groups is 1. The summed E-state index contributed by atoms with van der Waals surface area (Å²) in [6, 6.07) is 1.39. The van der Waals surface area contributed by atoms with Crippen LogP contribution in [-0.2, 0) is 9.59 Å². The van der Waals surface area contributed by atoms with Crippen molar-refractivity contribution in [3.8, 4) is 6.07 Å². The second-order valence-corrected chi connectivity index (χ2v) is 3.48. The van der Waals surface area contributed by atoms with Crippen LogP contribution in [0.5, 0.6) is 0 Å². The number of carbonyl (C=O) groups is 2. The SMILES string of the molecule is CC(C)C(C#N)N1C(=O)CCC1=O.